The van der Waals surface area contributed by atoms with Crippen molar-refractivity contribution >= 4 is 24.0 Å². The van der Waals surface area contributed by atoms with Crippen molar-refractivity contribution < 1.29 is 4.79 Å². The van der Waals surface area contributed by atoms with Gasteiger partial charge in [0.1, 0.15) is 0 Å². The Labute approximate surface area is 168 Å². The van der Waals surface area contributed by atoms with Crippen LogP contribution in [0.25, 0.3) is 0 Å². The number of fused-ring (bicyclic) bond motifs is 1. The normalized spacial score (nSPS) is 15.5. The van der Waals surface area contributed by atoms with Crippen LogP contribution in [0, 0.1) is 6.92 Å². The number of hydrogen-bond acceptors (Lipinski definition) is 3. The number of hydrogen-bond donors (Lipinski definition) is 1. The molecule has 2 aromatic rings. The summed E-state index contributed by atoms with van der Waals surface area (Å²) in [5, 5.41) is 0. The molecular formula is C22H28ClN3O. The monoisotopic (exact) mass is 385 g/mol. The summed E-state index contributed by atoms with van der Waals surface area (Å²) in [4.78, 5) is 17.5. The first kappa shape index (κ1) is 21.0. The Morgan fingerprint density at radius 3 is 2.67 bits per heavy atom. The molecular weight excluding hydrogens is 358 g/mol. The smallest absolute Gasteiger partial charge is 0.258 e. The Hall–Kier alpha value is -2.30. The molecule has 0 aliphatic carbocycles. The molecule has 0 bridgehead atoms. The maximum absolute atomic E-state index is 13.4. The summed E-state index contributed by atoms with van der Waals surface area (Å²) in [6.07, 6.45) is 6.02. The van der Waals surface area contributed by atoms with Crippen molar-refractivity contribution in [1.82, 2.24) is 4.90 Å². The van der Waals surface area contributed by atoms with Gasteiger partial charge in [-0.1, -0.05) is 36.4 Å². The van der Waals surface area contributed by atoms with E-state index >= 15 is 0 Å². The van der Waals surface area contributed by atoms with E-state index in [2.05, 4.69) is 36.4 Å². The lowest BCUT2D eigenvalue weighted by Crippen LogP contribution is -2.35. The van der Waals surface area contributed by atoms with E-state index in [0.717, 1.165) is 41.8 Å². The summed E-state index contributed by atoms with van der Waals surface area (Å²) in [5.74, 6) is 0.0609. The van der Waals surface area contributed by atoms with E-state index in [4.69, 9.17) is 5.73 Å². The second-order valence-corrected chi connectivity index (χ2v) is 6.86. The second-order valence-electron chi connectivity index (χ2n) is 6.86. The van der Waals surface area contributed by atoms with Crippen molar-refractivity contribution in [2.24, 2.45) is 5.73 Å². The third-order valence-electron chi connectivity index (χ3n) is 4.87. The summed E-state index contributed by atoms with van der Waals surface area (Å²) in [7, 11) is 2.08. The van der Waals surface area contributed by atoms with E-state index in [1.54, 1.807) is 0 Å². The van der Waals surface area contributed by atoms with Crippen LogP contribution in [0.1, 0.15) is 33.5 Å². The summed E-state index contributed by atoms with van der Waals surface area (Å²) in [6, 6.07) is 14.1. The van der Waals surface area contributed by atoms with E-state index in [1.807, 2.05) is 42.2 Å². The van der Waals surface area contributed by atoms with Gasteiger partial charge < -0.3 is 15.5 Å². The predicted molar refractivity (Wildman–Crippen MR) is 115 cm³/mol. The highest BCUT2D eigenvalue weighted by Crippen LogP contribution is 2.25. The molecule has 0 unspecified atom stereocenters. The molecule has 1 aliphatic heterocycles. The number of aryl methyl sites for hydroxylation is 1. The van der Waals surface area contributed by atoms with Gasteiger partial charge in [-0.05, 0) is 54.8 Å². The second kappa shape index (κ2) is 9.58. The summed E-state index contributed by atoms with van der Waals surface area (Å²) in [6.45, 7) is 4.09. The summed E-state index contributed by atoms with van der Waals surface area (Å²) < 4.78 is 0. The molecule has 0 spiro atoms. The van der Waals surface area contributed by atoms with Gasteiger partial charge in [0.25, 0.3) is 5.91 Å². The number of anilines is 1. The fourth-order valence-corrected chi connectivity index (χ4v) is 3.43. The van der Waals surface area contributed by atoms with E-state index in [-0.39, 0.29) is 18.3 Å². The van der Waals surface area contributed by atoms with Crippen LogP contribution in [0.3, 0.4) is 0 Å². The van der Waals surface area contributed by atoms with Crippen LogP contribution >= 0.6 is 12.4 Å². The number of allylic oxidation sites excluding steroid dienone is 1. The number of benzene rings is 2. The van der Waals surface area contributed by atoms with Crippen molar-refractivity contribution in [3.63, 3.8) is 0 Å². The standard InChI is InChI=1S/C22H27N3O.ClH/c1-17-15-18(16-23)10-11-20(17)22(26)25-14-6-13-24(2)12-5-8-19-7-3-4-9-21(19)25;/h3-5,7,9-12,15H,6,8,13-14,16,23H2,1-2H3;1H/b12-5-;. The van der Waals surface area contributed by atoms with Gasteiger partial charge >= 0.3 is 0 Å². The number of nitrogens with zero attached hydrogens (tertiary/aromatic N) is 2. The van der Waals surface area contributed by atoms with Crippen molar-refractivity contribution in [2.75, 3.05) is 25.0 Å². The van der Waals surface area contributed by atoms with Crippen LogP contribution in [0.5, 0.6) is 0 Å². The first-order chi connectivity index (χ1) is 12.6. The van der Waals surface area contributed by atoms with E-state index < -0.39 is 0 Å². The molecule has 2 N–H and O–H groups in total. The van der Waals surface area contributed by atoms with Gasteiger partial charge in [0.15, 0.2) is 0 Å². The van der Waals surface area contributed by atoms with Crippen LogP contribution in [0.4, 0.5) is 5.69 Å². The lowest BCUT2D eigenvalue weighted by molar-refractivity contribution is 0.0985. The molecule has 0 saturated carbocycles. The predicted octanol–water partition coefficient (Wildman–Crippen LogP) is 3.91. The van der Waals surface area contributed by atoms with Crippen LogP contribution < -0.4 is 10.6 Å². The molecule has 5 heteroatoms. The summed E-state index contributed by atoms with van der Waals surface area (Å²) >= 11 is 0. The highest BCUT2D eigenvalue weighted by molar-refractivity contribution is 6.07. The molecule has 3 rings (SSSR count). The van der Waals surface area contributed by atoms with Gasteiger partial charge in [-0.15, -0.1) is 12.4 Å². The third kappa shape index (κ3) is 4.90. The third-order valence-corrected chi connectivity index (χ3v) is 4.87. The van der Waals surface area contributed by atoms with E-state index in [0.29, 0.717) is 13.1 Å². The Morgan fingerprint density at radius 1 is 1.15 bits per heavy atom. The molecule has 0 aromatic heterocycles. The number of amides is 1. The fourth-order valence-electron chi connectivity index (χ4n) is 3.43. The number of carbonyl (C=O) groups is 1. The molecule has 1 heterocycles. The molecule has 27 heavy (non-hydrogen) atoms. The zero-order valence-electron chi connectivity index (χ0n) is 16.0. The minimum absolute atomic E-state index is 0. The Balaban J connectivity index is 0.00000261. The van der Waals surface area contributed by atoms with Crippen molar-refractivity contribution in [1.29, 1.82) is 0 Å². The quantitative estimate of drug-likeness (QED) is 0.852. The molecule has 1 amide bonds. The minimum Gasteiger partial charge on any atom is -0.381 e. The SMILES string of the molecule is Cc1cc(CN)ccc1C(=O)N1CCCN(C)/C=C\Cc2ccccc21.Cl. The van der Waals surface area contributed by atoms with Crippen LogP contribution in [0.15, 0.2) is 54.7 Å². The maximum Gasteiger partial charge on any atom is 0.258 e. The number of para-hydroxylation sites is 1. The van der Waals surface area contributed by atoms with Gasteiger partial charge in [-0.2, -0.15) is 0 Å². The highest BCUT2D eigenvalue weighted by atomic mass is 35.5. The number of nitrogens with two attached hydrogens (primary N) is 1. The molecule has 1 aliphatic rings. The van der Waals surface area contributed by atoms with Gasteiger partial charge in [-0.3, -0.25) is 4.79 Å². The minimum atomic E-state index is 0. The largest absolute Gasteiger partial charge is 0.381 e. The molecule has 0 radical (unpaired) electrons. The van der Waals surface area contributed by atoms with Crippen molar-refractivity contribution in [2.45, 2.75) is 26.3 Å². The zero-order chi connectivity index (χ0) is 18.5. The molecule has 2 aromatic carbocycles. The number of carbonyl (C=O) groups excluding carboxylic acids is 1. The van der Waals surface area contributed by atoms with Crippen LogP contribution in [0.2, 0.25) is 0 Å². The lowest BCUT2D eigenvalue weighted by atomic mass is 10.0. The lowest BCUT2D eigenvalue weighted by Gasteiger charge is -2.28. The first-order valence-corrected chi connectivity index (χ1v) is 9.16. The summed E-state index contributed by atoms with van der Waals surface area (Å²) in [5.41, 5.74) is 10.7. The van der Waals surface area contributed by atoms with Gasteiger partial charge in [0.05, 0.1) is 0 Å². The first-order valence-electron chi connectivity index (χ1n) is 9.16. The van der Waals surface area contributed by atoms with Crippen LogP contribution in [-0.4, -0.2) is 30.9 Å². The van der Waals surface area contributed by atoms with Crippen molar-refractivity contribution in [3.8, 4) is 0 Å². The average molecular weight is 386 g/mol. The molecule has 0 fully saturated rings. The topological polar surface area (TPSA) is 49.6 Å². The molecule has 144 valence electrons. The maximum atomic E-state index is 13.4. The van der Waals surface area contributed by atoms with Gasteiger partial charge in [-0.25, -0.2) is 0 Å². The fraction of sp³-hybridized carbons (Fsp3) is 0.318. The molecule has 4 nitrogen and oxygen atoms in total. The molecule has 0 atom stereocenters. The Kier molecular flexibility index (Phi) is 7.45. The average Bonchev–Trinajstić information content (AvgIpc) is 2.65. The van der Waals surface area contributed by atoms with Gasteiger partial charge in [0, 0.05) is 37.9 Å². The zero-order valence-corrected chi connectivity index (χ0v) is 16.8. The number of rotatable bonds is 2. The van der Waals surface area contributed by atoms with E-state index in [1.165, 1.54) is 5.56 Å². The number of halogens is 1. The highest BCUT2D eigenvalue weighted by Gasteiger charge is 2.21. The van der Waals surface area contributed by atoms with Crippen LogP contribution in [-0.2, 0) is 13.0 Å². The van der Waals surface area contributed by atoms with Crippen molar-refractivity contribution in [3.05, 3.63) is 77.0 Å². The molecule has 0 saturated heterocycles. The van der Waals surface area contributed by atoms with Gasteiger partial charge in [0.2, 0.25) is 0 Å². The Bertz CT molecular complexity index is 819. The van der Waals surface area contributed by atoms with E-state index in [9.17, 15) is 4.79 Å². The Morgan fingerprint density at radius 2 is 1.93 bits per heavy atom.